The van der Waals surface area contributed by atoms with Gasteiger partial charge in [-0.05, 0) is 129 Å². The number of aromatic amines is 2. The summed E-state index contributed by atoms with van der Waals surface area (Å²) in [7, 11) is 60.8. The van der Waals surface area contributed by atoms with E-state index in [1.165, 1.54) is 38.2 Å². The van der Waals surface area contributed by atoms with Gasteiger partial charge < -0.3 is 39.0 Å². The maximum atomic E-state index is 15.7. The number of hydrogen-bond donors (Lipinski definition) is 6. The van der Waals surface area contributed by atoms with Gasteiger partial charge in [0.05, 0.1) is 26.2 Å². The maximum absolute atomic E-state index is 15.7. The average Bonchev–Trinajstić information content (AvgIpc) is 1.64. The van der Waals surface area contributed by atoms with E-state index in [0.717, 1.165) is 53.1 Å². The van der Waals surface area contributed by atoms with Gasteiger partial charge in [-0.15, -0.1) is 0 Å². The zero-order valence-electron chi connectivity index (χ0n) is 72.5. The van der Waals surface area contributed by atoms with E-state index in [1.54, 1.807) is 107 Å². The molecule has 2 saturated heterocycles. The largest absolute Gasteiger partial charge is 0.400 e. The Kier molecular flexibility index (Phi) is 155. The molecular weight excluding hydrogens is 5030 g/mol. The number of hydrogen-bond acceptors (Lipinski definition) is 20. The molecule has 71 heteroatoms. The predicted molar refractivity (Wildman–Crippen MR) is 565 cm³/mol. The molecule has 18 nitrogen and oxygen atoms in total. The first kappa shape index (κ1) is 164. The Hall–Kier alpha value is 19.0. The molecule has 122 heavy (non-hydrogen) atoms. The Labute approximate surface area is 1130 Å². The van der Waals surface area contributed by atoms with Crippen LogP contribution in [0, 0.1) is 373 Å². The Morgan fingerprint density at radius 2 is 0.803 bits per heavy atom. The molecule has 4 rings (SSSR count). The second kappa shape index (κ2) is 116. The van der Waals surface area contributed by atoms with Crippen molar-refractivity contribution in [2.45, 2.75) is 244 Å². The molecule has 2 aromatic heterocycles. The summed E-state index contributed by atoms with van der Waals surface area (Å²) in [6.07, 6.45) is -4.49. The number of aliphatic hydroxyl groups is 4. The molecule has 4 heterocycles. The quantitative estimate of drug-likeness (QED) is 0.0326. The van der Waals surface area contributed by atoms with Crippen LogP contribution in [-0.2, 0) is 307 Å². The van der Waals surface area contributed by atoms with Gasteiger partial charge in [0.25, 0.3) is 19.6 Å². The Balaban J connectivity index is -0.0000000964. The normalized spacial score (nSPS) is 16.6. The smallest absolute Gasteiger partial charge is 0.330 e. The van der Waals surface area contributed by atoms with Crippen LogP contribution in [0.4, 0.5) is 8.78 Å². The second-order valence-corrected chi connectivity index (χ2v) is 87.0. The van der Waals surface area contributed by atoms with Crippen LogP contribution < -0.4 is 22.5 Å². The number of alkyl halides is 2. The number of halogens is 3. The molecule has 0 aliphatic carbocycles. The third-order valence-electron chi connectivity index (χ3n) is 11.4. The zero-order valence-corrected chi connectivity index (χ0v) is 150. The topological polar surface area (TPSA) is 234 Å². The van der Waals surface area contributed by atoms with Crippen molar-refractivity contribution in [3.63, 3.8) is 0 Å². The van der Waals surface area contributed by atoms with E-state index in [4.69, 9.17) is 62.8 Å². The molecule has 4 unspecified atom stereocenters. The molecule has 0 aromatic carbocycles. The van der Waals surface area contributed by atoms with Crippen molar-refractivity contribution in [3.8, 4) is 0 Å². The SMILES string of the molecule is CC(C)N(C(C)C)P(C)Cl.CC(C)SSC(C)(C)CCCO.S=S=S=S=S=S=S=S=S=S=S=S=S=S=S=S=S=S=S=S=S=S=S=S=S=S=S=S=S=S=S=S.[2H]C[C@H]1O[C@@H](n2ccc(=O)[nH]c2=O)[C@@H](F)C1O.[2H]C[C@H]1O[C@@H](n2ccc(=O)[nH]c2=O)[C@@H](F)C1OP(OCCCC(C)(C)SSC(C)C)N(C(C)C)C(C)C.[3H]OC.[3H]OC.[U].[U].[U].[U].[U].[U].[U].[U].[U].[U].[U].[U]. The van der Waals surface area contributed by atoms with Crippen LogP contribution in [0.1, 0.15) is 165 Å². The van der Waals surface area contributed by atoms with Crippen LogP contribution in [-0.4, -0.2) is 167 Å². The Bertz CT molecular complexity index is 4730. The summed E-state index contributed by atoms with van der Waals surface area (Å²) < 4.78 is 85.8. The van der Waals surface area contributed by atoms with Crippen LogP contribution >= 0.6 is 70.4 Å². The second-order valence-electron chi connectivity index (χ2n) is 22.7. The number of aromatic nitrogens is 4. The van der Waals surface area contributed by atoms with Gasteiger partial charge in [-0.2, -0.15) is 0 Å². The summed E-state index contributed by atoms with van der Waals surface area (Å²) in [5.41, 5.74) is -2.77. The van der Waals surface area contributed by atoms with Gasteiger partial charge in [0, 0.05) is 754 Å². The fourth-order valence-corrected chi connectivity index (χ4v) is 93.2. The molecule has 6 N–H and O–H groups in total. The number of aliphatic hydroxyl groups excluding tert-OH is 4. The number of nitrogens with one attached hydrogen (secondary N) is 2. The van der Waals surface area contributed by atoms with Gasteiger partial charge in [0.1, 0.15) is 12.2 Å². The van der Waals surface area contributed by atoms with Crippen molar-refractivity contribution < 1.29 is 424 Å². The summed E-state index contributed by atoms with van der Waals surface area (Å²) in [6, 6.07) is 3.47. The average molecular weight is 5140 g/mol. The Morgan fingerprint density at radius 3 is 1.04 bits per heavy atom. The van der Waals surface area contributed by atoms with E-state index in [1.807, 2.05) is 218 Å². The van der Waals surface area contributed by atoms with Crippen LogP contribution in [0.5, 0.6) is 0 Å². The molecule has 2 fully saturated rings. The molecule has 2 aromatic rings. The monoisotopic (exact) mass is 5140 g/mol. The van der Waals surface area contributed by atoms with Crippen LogP contribution in [0.15, 0.2) is 43.7 Å². The van der Waals surface area contributed by atoms with Crippen molar-refractivity contribution in [2.75, 3.05) is 34.1 Å². The Morgan fingerprint density at radius 1 is 0.525 bits per heavy atom. The first-order valence-corrected chi connectivity index (χ1v) is 80.6. The predicted octanol–water partition coefficient (Wildman–Crippen LogP) is 10.8. The minimum Gasteiger partial charge on any atom is -0.400 e. The summed E-state index contributed by atoms with van der Waals surface area (Å²) in [5, 5.41) is 26.4. The summed E-state index contributed by atoms with van der Waals surface area (Å²) in [5.74, 6) is 0. The van der Waals surface area contributed by atoms with Crippen molar-refractivity contribution in [2.24, 2.45) is 0 Å². The van der Waals surface area contributed by atoms with Gasteiger partial charge in [0.15, 0.2) is 24.8 Å². The standard InChI is InChI=1S/C24H43FN3O5PS2.C9H11FN2O4.C9H20OS2.C7H17ClNP.2CH4O.S32.12U/c1-15(2)28(16(3)4)34(31-14-10-12-24(8,9)36-35-17(5)6)33-21-18(7)32-22(20(21)25)27-13-11-19(29)26-23(27)30;1-4-7(14)6(10)8(16-4)12-3-2-5(13)11-9(12)15;1-8(2)11-12-9(3,4)6-5-7-10;1-6(2)9(7(3)4)10(5)8;2*1-2;1-3-5-7-9-11-13-15-17-19-21-23-25-27-29-31-32-30-28-26-24-22-20-18-16-14-12-10-8-6-4-2;;;;;;;;;;;;/h11,13,15-18,20-22H,10,12,14H2,1-9H3,(H,26,29,30);2-4,6-8,14H,1H3,(H,11,13,15);8,10H,5-7H2,1-4H3;6-7H,1-5H3;2*2H,1H3;;;;;;;;;;;;;/t18-,20+,21?,22-,34?;4-,6+,7?,8-;;;;;;;;;;;;;;;;;/m11................./s1/i7D;1D;;;2*2T;;;;;;;;;;;;;. The fourth-order valence-electron chi connectivity index (χ4n) is 7.69. The number of nitrogens with zero attached hydrogens (tertiary/aromatic N) is 4. The number of H-pyrrole nitrogens is 2. The molecule has 10 atom stereocenters. The molecule has 700 valence electrons. The number of ether oxygens (including phenoxy) is 2. The molecule has 0 spiro atoms. The zero-order chi connectivity index (χ0) is 87.0. The third kappa shape index (κ3) is 94.9. The molecule has 0 bridgehead atoms. The number of rotatable bonds is 24. The summed E-state index contributed by atoms with van der Waals surface area (Å²) in [6.45, 7) is 36.9. The van der Waals surface area contributed by atoms with E-state index < -0.39 is 87.7 Å². The molecule has 2 aliphatic heterocycles. The van der Waals surface area contributed by atoms with E-state index in [0.29, 0.717) is 40.5 Å². The van der Waals surface area contributed by atoms with Crippen LogP contribution in [0.3, 0.4) is 0 Å². The summed E-state index contributed by atoms with van der Waals surface area (Å²) in [4.78, 5) is 50.0. The molecule has 0 saturated carbocycles. The molecular formula is C51H99ClF2N6O12P2S36U12. The van der Waals surface area contributed by atoms with Crippen LogP contribution in [0.2, 0.25) is 0 Å². The first-order valence-electron chi connectivity index (χ1n) is 33.3. The molecule has 0 amide bonds. The fraction of sp³-hybridized carbons (Fsp3) is 0.843. The van der Waals surface area contributed by atoms with Gasteiger partial charge in [-0.3, -0.25) is 33.4 Å². The minimum atomic E-state index is -1.81. The molecule has 2 aliphatic rings. The van der Waals surface area contributed by atoms with Crippen molar-refractivity contribution in [1.29, 1.82) is 2.86 Å². The van der Waals surface area contributed by atoms with Gasteiger partial charge in [0.2, 0.25) is 2.86 Å². The van der Waals surface area contributed by atoms with E-state index in [2.05, 4.69) is 114 Å². The molecule has 0 radical (unpaired) electrons. The van der Waals surface area contributed by atoms with E-state index in [-0.39, 0.29) is 404 Å². The minimum absolute atomic E-state index is 0. The van der Waals surface area contributed by atoms with Crippen molar-refractivity contribution in [3.05, 3.63) is 66.2 Å². The van der Waals surface area contributed by atoms with Crippen molar-refractivity contribution >= 4 is 359 Å². The van der Waals surface area contributed by atoms with E-state index in [9.17, 15) is 28.7 Å². The van der Waals surface area contributed by atoms with Gasteiger partial charge in [-0.25, -0.2) is 23.0 Å². The van der Waals surface area contributed by atoms with E-state index >= 15 is 4.39 Å². The van der Waals surface area contributed by atoms with Crippen molar-refractivity contribution in [1.82, 2.24) is 28.4 Å². The summed E-state index contributed by atoms with van der Waals surface area (Å²) >= 11 is 15.6. The van der Waals surface area contributed by atoms with Gasteiger partial charge in [-0.1, -0.05) is 82.1 Å². The van der Waals surface area contributed by atoms with Gasteiger partial charge >= 0.3 is 11.4 Å². The van der Waals surface area contributed by atoms with Crippen LogP contribution in [0.25, 0.3) is 0 Å². The maximum Gasteiger partial charge on any atom is 0.330 e. The third-order valence-corrected chi connectivity index (χ3v) is 88.0. The first-order chi connectivity index (χ1) is 54.0.